The second kappa shape index (κ2) is 3.68. The van der Waals surface area contributed by atoms with Crippen LogP contribution in [0.15, 0.2) is 0 Å². The van der Waals surface area contributed by atoms with Gasteiger partial charge in [0.05, 0.1) is 18.8 Å². The quantitative estimate of drug-likeness (QED) is 0.365. The van der Waals surface area contributed by atoms with Crippen LogP contribution in [0.2, 0.25) is 0 Å². The molecule has 0 aromatic rings. The molecule has 5 atom stereocenters. The van der Waals surface area contributed by atoms with E-state index in [-0.39, 0.29) is 12.7 Å². The molecule has 0 aromatic heterocycles. The zero-order chi connectivity index (χ0) is 9.30. The lowest BCUT2D eigenvalue weighted by Gasteiger charge is -2.39. The van der Waals surface area contributed by atoms with E-state index in [1.807, 2.05) is 0 Å². The van der Waals surface area contributed by atoms with Gasteiger partial charge in [-0.2, -0.15) is 0 Å². The van der Waals surface area contributed by atoms with Gasteiger partial charge in [0.25, 0.3) is 0 Å². The van der Waals surface area contributed by atoms with Gasteiger partial charge >= 0.3 is 0 Å². The van der Waals surface area contributed by atoms with E-state index < -0.39 is 24.4 Å². The van der Waals surface area contributed by atoms with Gasteiger partial charge in [0.2, 0.25) is 0 Å². The molecule has 1 fully saturated rings. The molecule has 5 nitrogen and oxygen atoms in total. The predicted octanol–water partition coefficient (Wildman–Crippen LogP) is -2.18. The molecule has 0 aliphatic carbocycles. The Labute approximate surface area is 70.8 Å². The molecule has 12 heavy (non-hydrogen) atoms. The molecule has 1 heterocycles. The minimum atomic E-state index is -1.10. The molecule has 72 valence electrons. The topological polar surface area (TPSA) is 95.9 Å². The molecule has 3 unspecified atom stereocenters. The number of aliphatic hydroxyl groups excluding tert-OH is 3. The Balaban J connectivity index is 2.63. The number of ether oxygens (including phenoxy) is 1. The van der Waals surface area contributed by atoms with E-state index in [1.54, 1.807) is 6.92 Å². The summed E-state index contributed by atoms with van der Waals surface area (Å²) in [4.78, 5) is 0. The van der Waals surface area contributed by atoms with Crippen molar-refractivity contribution in [2.45, 2.75) is 37.4 Å². The Morgan fingerprint density at radius 3 is 2.42 bits per heavy atom. The minimum absolute atomic E-state index is 0.310. The van der Waals surface area contributed by atoms with Gasteiger partial charge in [-0.05, 0) is 6.92 Å². The summed E-state index contributed by atoms with van der Waals surface area (Å²) in [5, 5.41) is 27.4. The molecule has 0 saturated carbocycles. The average molecular weight is 177 g/mol. The molecule has 0 radical (unpaired) electrons. The van der Waals surface area contributed by atoms with E-state index in [4.69, 9.17) is 15.6 Å². The molecule has 1 saturated heterocycles. The summed E-state index contributed by atoms with van der Waals surface area (Å²) in [5.74, 6) is 0. The van der Waals surface area contributed by atoms with E-state index in [2.05, 4.69) is 0 Å². The number of hydrogen-bond donors (Lipinski definition) is 4. The van der Waals surface area contributed by atoms with E-state index in [0.29, 0.717) is 0 Å². The second-order valence-electron chi connectivity index (χ2n) is 3.12. The SMILES string of the molecule is C[C@H]1OC(CO)[C@H](O)C(O)C1N. The highest BCUT2D eigenvalue weighted by Gasteiger charge is 2.40. The Morgan fingerprint density at radius 1 is 1.33 bits per heavy atom. The van der Waals surface area contributed by atoms with Crippen LogP contribution >= 0.6 is 0 Å². The highest BCUT2D eigenvalue weighted by Crippen LogP contribution is 2.18. The van der Waals surface area contributed by atoms with Crippen molar-refractivity contribution in [2.24, 2.45) is 5.73 Å². The number of rotatable bonds is 1. The maximum atomic E-state index is 9.35. The van der Waals surface area contributed by atoms with Crippen molar-refractivity contribution < 1.29 is 20.1 Å². The fourth-order valence-corrected chi connectivity index (χ4v) is 1.32. The summed E-state index contributed by atoms with van der Waals surface area (Å²) in [7, 11) is 0. The summed E-state index contributed by atoms with van der Waals surface area (Å²) in [6, 6.07) is -0.595. The Bertz CT molecular complexity index is 150. The summed E-state index contributed by atoms with van der Waals surface area (Å²) in [5.41, 5.74) is 5.51. The van der Waals surface area contributed by atoms with Crippen molar-refractivity contribution >= 4 is 0 Å². The zero-order valence-electron chi connectivity index (χ0n) is 6.92. The molecule has 0 amide bonds. The van der Waals surface area contributed by atoms with E-state index >= 15 is 0 Å². The molecule has 5 N–H and O–H groups in total. The highest BCUT2D eigenvalue weighted by molar-refractivity contribution is 4.92. The largest absolute Gasteiger partial charge is 0.394 e. The van der Waals surface area contributed by atoms with Crippen LogP contribution in [0.1, 0.15) is 6.92 Å². The third-order valence-electron chi connectivity index (χ3n) is 2.24. The fourth-order valence-electron chi connectivity index (χ4n) is 1.32. The maximum absolute atomic E-state index is 9.35. The lowest BCUT2D eigenvalue weighted by Crippen LogP contribution is -2.60. The highest BCUT2D eigenvalue weighted by atomic mass is 16.5. The third kappa shape index (κ3) is 1.60. The van der Waals surface area contributed by atoms with Crippen molar-refractivity contribution in [1.29, 1.82) is 0 Å². The second-order valence-corrected chi connectivity index (χ2v) is 3.12. The van der Waals surface area contributed by atoms with Crippen LogP contribution in [0.3, 0.4) is 0 Å². The van der Waals surface area contributed by atoms with Crippen LogP contribution in [0, 0.1) is 0 Å². The van der Waals surface area contributed by atoms with Crippen LogP contribution in [0.25, 0.3) is 0 Å². The minimum Gasteiger partial charge on any atom is -0.394 e. The van der Waals surface area contributed by atoms with E-state index in [0.717, 1.165) is 0 Å². The van der Waals surface area contributed by atoms with Crippen LogP contribution in [-0.4, -0.2) is 52.4 Å². The van der Waals surface area contributed by atoms with Crippen LogP contribution in [0.4, 0.5) is 0 Å². The first kappa shape index (κ1) is 9.88. The van der Waals surface area contributed by atoms with Gasteiger partial charge in [-0.1, -0.05) is 0 Å². The first-order valence-electron chi connectivity index (χ1n) is 3.96. The fraction of sp³-hybridized carbons (Fsp3) is 1.00. The van der Waals surface area contributed by atoms with Gasteiger partial charge in [-0.3, -0.25) is 0 Å². The first-order valence-corrected chi connectivity index (χ1v) is 3.96. The van der Waals surface area contributed by atoms with Crippen LogP contribution in [0.5, 0.6) is 0 Å². The Morgan fingerprint density at radius 2 is 1.92 bits per heavy atom. The van der Waals surface area contributed by atoms with E-state index in [1.165, 1.54) is 0 Å². The average Bonchev–Trinajstić information content (AvgIpc) is 2.08. The number of hydrogen-bond acceptors (Lipinski definition) is 5. The Kier molecular flexibility index (Phi) is 3.03. The van der Waals surface area contributed by atoms with Gasteiger partial charge in [0.15, 0.2) is 0 Å². The maximum Gasteiger partial charge on any atom is 0.110 e. The van der Waals surface area contributed by atoms with Gasteiger partial charge in [-0.15, -0.1) is 0 Å². The van der Waals surface area contributed by atoms with Crippen LogP contribution in [-0.2, 0) is 4.74 Å². The lowest BCUT2D eigenvalue weighted by atomic mass is 9.94. The van der Waals surface area contributed by atoms with Crippen molar-refractivity contribution in [3.05, 3.63) is 0 Å². The molecular formula is C7H15NO4. The summed E-state index contributed by atoms with van der Waals surface area (Å²) in [6.07, 6.45) is -3.19. The zero-order valence-corrected chi connectivity index (χ0v) is 6.92. The van der Waals surface area contributed by atoms with Gasteiger partial charge in [0, 0.05) is 0 Å². The predicted molar refractivity (Wildman–Crippen MR) is 41.4 cm³/mol. The normalized spacial score (nSPS) is 49.2. The third-order valence-corrected chi connectivity index (χ3v) is 2.24. The van der Waals surface area contributed by atoms with Crippen molar-refractivity contribution in [2.75, 3.05) is 6.61 Å². The molecule has 0 aromatic carbocycles. The van der Waals surface area contributed by atoms with Gasteiger partial charge in [0.1, 0.15) is 18.3 Å². The summed E-state index contributed by atoms with van der Waals surface area (Å²) >= 11 is 0. The first-order chi connectivity index (χ1) is 5.57. The van der Waals surface area contributed by atoms with Crippen LogP contribution < -0.4 is 5.73 Å². The summed E-state index contributed by atoms with van der Waals surface area (Å²) in [6.45, 7) is 1.39. The summed E-state index contributed by atoms with van der Waals surface area (Å²) < 4.78 is 5.15. The Hall–Kier alpha value is -0.200. The molecule has 1 rings (SSSR count). The molecule has 5 heteroatoms. The van der Waals surface area contributed by atoms with Gasteiger partial charge < -0.3 is 25.8 Å². The molecule has 1 aliphatic heterocycles. The van der Waals surface area contributed by atoms with Gasteiger partial charge in [-0.25, -0.2) is 0 Å². The molecule has 1 aliphatic rings. The van der Waals surface area contributed by atoms with Crippen molar-refractivity contribution in [3.63, 3.8) is 0 Å². The van der Waals surface area contributed by atoms with Crippen molar-refractivity contribution in [1.82, 2.24) is 0 Å². The molecule has 0 spiro atoms. The monoisotopic (exact) mass is 177 g/mol. The van der Waals surface area contributed by atoms with E-state index in [9.17, 15) is 10.2 Å². The van der Waals surface area contributed by atoms with Crippen molar-refractivity contribution in [3.8, 4) is 0 Å². The molecular weight excluding hydrogens is 162 g/mol. The lowest BCUT2D eigenvalue weighted by molar-refractivity contribution is -0.183. The number of aliphatic hydroxyl groups is 3. The number of nitrogens with two attached hydrogens (primary N) is 1. The smallest absolute Gasteiger partial charge is 0.110 e. The standard InChI is InChI=1S/C7H15NO4/c1-3-5(8)7(11)6(10)4(2-9)12-3/h3-7,9-11H,2,8H2,1H3/t3-,4?,5?,6+,7?/m1/s1. The molecule has 0 bridgehead atoms.